The first-order valence-corrected chi connectivity index (χ1v) is 11.6. The summed E-state index contributed by atoms with van der Waals surface area (Å²) < 4.78 is 5.65. The predicted molar refractivity (Wildman–Crippen MR) is 128 cm³/mol. The number of allylic oxidation sites excluding steroid dienone is 1. The molecule has 0 fully saturated rings. The number of carbonyl (C=O) groups excluding carboxylic acids is 2. The summed E-state index contributed by atoms with van der Waals surface area (Å²) in [6.45, 7) is 2.47. The van der Waals surface area contributed by atoms with Crippen LogP contribution in [0.1, 0.15) is 44.6 Å². The number of para-hydroxylation sites is 1. The topological polar surface area (TPSA) is 58.6 Å². The van der Waals surface area contributed by atoms with Crippen LogP contribution in [0.25, 0.3) is 0 Å². The quantitative estimate of drug-likeness (QED) is 0.505. The summed E-state index contributed by atoms with van der Waals surface area (Å²) in [6, 6.07) is 16.0. The van der Waals surface area contributed by atoms with Gasteiger partial charge in [-0.2, -0.15) is 0 Å². The van der Waals surface area contributed by atoms with Crippen LogP contribution in [-0.4, -0.2) is 35.9 Å². The normalized spacial score (nSPS) is 14.2. The Morgan fingerprint density at radius 3 is 2.56 bits per heavy atom. The Hall–Kier alpha value is -2.79. The second kappa shape index (κ2) is 12.3. The third kappa shape index (κ3) is 7.13. The number of benzene rings is 2. The van der Waals surface area contributed by atoms with Crippen LogP contribution in [0, 0.1) is 0 Å². The molecule has 1 aliphatic carbocycles. The van der Waals surface area contributed by atoms with Gasteiger partial charge in [-0.3, -0.25) is 9.59 Å². The van der Waals surface area contributed by atoms with Crippen LogP contribution in [0.4, 0.5) is 0 Å². The molecule has 3 rings (SSSR count). The third-order valence-electron chi connectivity index (χ3n) is 5.68. The van der Waals surface area contributed by atoms with Crippen molar-refractivity contribution in [3.63, 3.8) is 0 Å². The SMILES string of the molecule is CC(C(=O)NCCC1=CCCCC1)N(Cc1ccccc1)C(=O)COc1ccccc1Cl. The maximum absolute atomic E-state index is 13.1. The highest BCUT2D eigenvalue weighted by Crippen LogP contribution is 2.23. The average molecular weight is 455 g/mol. The molecule has 2 amide bonds. The molecule has 0 heterocycles. The lowest BCUT2D eigenvalue weighted by Crippen LogP contribution is -2.49. The molecule has 0 bridgehead atoms. The summed E-state index contributed by atoms with van der Waals surface area (Å²) in [5.74, 6) is 0.00915. The van der Waals surface area contributed by atoms with Gasteiger partial charge in [0.2, 0.25) is 5.91 Å². The molecule has 2 aromatic carbocycles. The molecule has 1 unspecified atom stereocenters. The Morgan fingerprint density at radius 1 is 1.09 bits per heavy atom. The van der Waals surface area contributed by atoms with Crippen LogP contribution in [0.5, 0.6) is 5.75 Å². The summed E-state index contributed by atoms with van der Waals surface area (Å²) in [5.41, 5.74) is 2.36. The zero-order valence-corrected chi connectivity index (χ0v) is 19.3. The Labute approximate surface area is 195 Å². The molecule has 1 N–H and O–H groups in total. The minimum absolute atomic E-state index is 0.163. The number of ether oxygens (including phenoxy) is 1. The van der Waals surface area contributed by atoms with Crippen LogP contribution in [0.15, 0.2) is 66.2 Å². The van der Waals surface area contributed by atoms with E-state index < -0.39 is 6.04 Å². The Morgan fingerprint density at radius 2 is 1.84 bits per heavy atom. The molecular formula is C26H31ClN2O3. The minimum atomic E-state index is -0.627. The monoisotopic (exact) mass is 454 g/mol. The van der Waals surface area contributed by atoms with Crippen molar-refractivity contribution in [1.29, 1.82) is 0 Å². The van der Waals surface area contributed by atoms with E-state index in [-0.39, 0.29) is 18.4 Å². The number of amides is 2. The van der Waals surface area contributed by atoms with Crippen molar-refractivity contribution in [3.05, 3.63) is 76.8 Å². The van der Waals surface area contributed by atoms with Gasteiger partial charge < -0.3 is 15.0 Å². The van der Waals surface area contributed by atoms with Gasteiger partial charge in [0.05, 0.1) is 5.02 Å². The molecule has 0 saturated heterocycles. The van der Waals surface area contributed by atoms with E-state index in [0.717, 1.165) is 24.8 Å². The van der Waals surface area contributed by atoms with Crippen LogP contribution < -0.4 is 10.1 Å². The molecule has 5 nitrogen and oxygen atoms in total. The van der Waals surface area contributed by atoms with Crippen molar-refractivity contribution < 1.29 is 14.3 Å². The van der Waals surface area contributed by atoms with Gasteiger partial charge in [0.1, 0.15) is 11.8 Å². The lowest BCUT2D eigenvalue weighted by molar-refractivity contribution is -0.142. The van der Waals surface area contributed by atoms with Gasteiger partial charge in [0, 0.05) is 13.1 Å². The first kappa shape index (κ1) is 23.9. The predicted octanol–water partition coefficient (Wildman–Crippen LogP) is 5.14. The number of halogens is 1. The van der Waals surface area contributed by atoms with Crippen LogP contribution >= 0.6 is 11.6 Å². The van der Waals surface area contributed by atoms with Gasteiger partial charge in [-0.25, -0.2) is 0 Å². The molecule has 2 aromatic rings. The molecule has 1 atom stereocenters. The van der Waals surface area contributed by atoms with E-state index in [1.54, 1.807) is 36.1 Å². The van der Waals surface area contributed by atoms with E-state index in [0.29, 0.717) is 23.9 Å². The van der Waals surface area contributed by atoms with E-state index in [9.17, 15) is 9.59 Å². The number of hydrogen-bond acceptors (Lipinski definition) is 3. The molecule has 0 saturated carbocycles. The first-order chi connectivity index (χ1) is 15.5. The Bertz CT molecular complexity index is 930. The van der Waals surface area contributed by atoms with Gasteiger partial charge in [-0.15, -0.1) is 0 Å². The summed E-state index contributed by atoms with van der Waals surface area (Å²) in [5, 5.41) is 3.44. The van der Waals surface area contributed by atoms with Crippen molar-refractivity contribution in [3.8, 4) is 5.75 Å². The van der Waals surface area contributed by atoms with Gasteiger partial charge in [-0.05, 0) is 56.7 Å². The number of nitrogens with zero attached hydrogens (tertiary/aromatic N) is 1. The summed E-state index contributed by atoms with van der Waals surface area (Å²) in [6.07, 6.45) is 7.87. The van der Waals surface area contributed by atoms with Crippen molar-refractivity contribution in [2.24, 2.45) is 0 Å². The van der Waals surface area contributed by atoms with E-state index >= 15 is 0 Å². The Kier molecular flexibility index (Phi) is 9.17. The molecule has 0 radical (unpaired) electrons. The molecule has 0 spiro atoms. The molecule has 6 heteroatoms. The van der Waals surface area contributed by atoms with E-state index in [4.69, 9.17) is 16.3 Å². The van der Waals surface area contributed by atoms with Gasteiger partial charge >= 0.3 is 0 Å². The lowest BCUT2D eigenvalue weighted by atomic mass is 9.97. The molecule has 32 heavy (non-hydrogen) atoms. The summed E-state index contributed by atoms with van der Waals surface area (Å²) in [4.78, 5) is 27.5. The fourth-order valence-electron chi connectivity index (χ4n) is 3.77. The van der Waals surface area contributed by atoms with Gasteiger partial charge in [-0.1, -0.05) is 65.7 Å². The van der Waals surface area contributed by atoms with Crippen molar-refractivity contribution in [1.82, 2.24) is 10.2 Å². The maximum atomic E-state index is 13.1. The second-order valence-corrected chi connectivity index (χ2v) is 8.46. The number of hydrogen-bond donors (Lipinski definition) is 1. The summed E-state index contributed by atoms with van der Waals surface area (Å²) in [7, 11) is 0. The fourth-order valence-corrected chi connectivity index (χ4v) is 3.96. The summed E-state index contributed by atoms with van der Waals surface area (Å²) >= 11 is 6.13. The third-order valence-corrected chi connectivity index (χ3v) is 5.99. The molecule has 170 valence electrons. The van der Waals surface area contributed by atoms with E-state index in [1.807, 2.05) is 30.3 Å². The molecule has 1 aliphatic rings. The van der Waals surface area contributed by atoms with Crippen LogP contribution in [0.2, 0.25) is 5.02 Å². The number of carbonyl (C=O) groups is 2. The molecule has 0 aromatic heterocycles. The van der Waals surface area contributed by atoms with Crippen molar-refractivity contribution >= 4 is 23.4 Å². The van der Waals surface area contributed by atoms with Gasteiger partial charge in [0.15, 0.2) is 6.61 Å². The standard InChI is InChI=1S/C26H31ClN2O3/c1-20(26(31)28-17-16-21-10-4-2-5-11-21)29(18-22-12-6-3-7-13-22)25(30)19-32-24-15-9-8-14-23(24)27/h3,6-10,12-15,20H,2,4-5,11,16-19H2,1H3,(H,28,31). The number of rotatable bonds is 10. The first-order valence-electron chi connectivity index (χ1n) is 11.2. The average Bonchev–Trinajstić information content (AvgIpc) is 2.82. The number of nitrogens with one attached hydrogen (secondary N) is 1. The highest BCUT2D eigenvalue weighted by atomic mass is 35.5. The fraction of sp³-hybridized carbons (Fsp3) is 0.385. The highest BCUT2D eigenvalue weighted by molar-refractivity contribution is 6.32. The molecule has 0 aliphatic heterocycles. The lowest BCUT2D eigenvalue weighted by Gasteiger charge is -2.29. The van der Waals surface area contributed by atoms with E-state index in [2.05, 4.69) is 11.4 Å². The molecular weight excluding hydrogens is 424 g/mol. The van der Waals surface area contributed by atoms with Gasteiger partial charge in [0.25, 0.3) is 5.91 Å². The van der Waals surface area contributed by atoms with Crippen molar-refractivity contribution in [2.75, 3.05) is 13.2 Å². The highest BCUT2D eigenvalue weighted by Gasteiger charge is 2.26. The Balaban J connectivity index is 1.62. The minimum Gasteiger partial charge on any atom is -0.482 e. The smallest absolute Gasteiger partial charge is 0.261 e. The van der Waals surface area contributed by atoms with Crippen LogP contribution in [0.3, 0.4) is 0 Å². The van der Waals surface area contributed by atoms with Crippen molar-refractivity contribution in [2.45, 2.75) is 51.6 Å². The largest absolute Gasteiger partial charge is 0.482 e. The van der Waals surface area contributed by atoms with E-state index in [1.165, 1.54) is 18.4 Å². The maximum Gasteiger partial charge on any atom is 0.261 e. The zero-order valence-electron chi connectivity index (χ0n) is 18.6. The zero-order chi connectivity index (χ0) is 22.8. The second-order valence-electron chi connectivity index (χ2n) is 8.05. The van der Waals surface area contributed by atoms with Crippen LogP contribution in [-0.2, 0) is 16.1 Å².